The van der Waals surface area contributed by atoms with Crippen molar-refractivity contribution in [1.82, 2.24) is 0 Å². The van der Waals surface area contributed by atoms with Gasteiger partial charge in [-0.1, -0.05) is 27.6 Å². The molecule has 0 radical (unpaired) electrons. The minimum atomic E-state index is -2.10. The number of ether oxygens (including phenoxy) is 1. The van der Waals surface area contributed by atoms with Crippen molar-refractivity contribution in [2.24, 2.45) is 17.8 Å². The number of phenolic OH excluding ortho intramolecular Hbond substituents is 1. The predicted molar refractivity (Wildman–Crippen MR) is 181 cm³/mol. The first-order valence-corrected chi connectivity index (χ1v) is 16.9. The van der Waals surface area contributed by atoms with Gasteiger partial charge in [0.2, 0.25) is 11.8 Å². The van der Waals surface area contributed by atoms with Gasteiger partial charge < -0.3 is 9.84 Å². The van der Waals surface area contributed by atoms with E-state index in [9.17, 15) is 28.7 Å². The molecule has 1 saturated carbocycles. The molecule has 236 valence electrons. The summed E-state index contributed by atoms with van der Waals surface area (Å²) < 4.78 is 20.5. The van der Waals surface area contributed by atoms with E-state index in [4.69, 9.17) is 27.9 Å². The number of fused-ring (bicyclic) bond motifs is 4. The second kappa shape index (κ2) is 11.0. The number of hydrogen-bond acceptors (Lipinski definition) is 6. The number of aromatic hydroxyl groups is 1. The van der Waals surface area contributed by atoms with Gasteiger partial charge in [-0.15, -0.1) is 23.2 Å². The molecular formula is C33H23BrCl2FIN2O6. The van der Waals surface area contributed by atoms with Gasteiger partial charge in [-0.3, -0.25) is 24.1 Å². The minimum Gasteiger partial charge on any atom is -0.504 e. The molecule has 46 heavy (non-hydrogen) atoms. The Labute approximate surface area is 294 Å². The van der Waals surface area contributed by atoms with Crippen molar-refractivity contribution in [2.75, 3.05) is 16.9 Å². The third kappa shape index (κ3) is 4.27. The van der Waals surface area contributed by atoms with Crippen molar-refractivity contribution in [3.05, 3.63) is 91.7 Å². The number of halogens is 5. The lowest BCUT2D eigenvalue weighted by molar-refractivity contribution is -0.125. The fourth-order valence-electron chi connectivity index (χ4n) is 7.53. The SMILES string of the molecule is COc1cc(C2C3=CCC4C(=O)N(c5ccc(Br)cc5)C(=O)C4C3CC3(Cl)C(=O)N(c4ccc(F)cc4)C(=O)C23Cl)cc(I)c1O. The second-order valence-electron chi connectivity index (χ2n) is 11.8. The van der Waals surface area contributed by atoms with Crippen LogP contribution in [0.4, 0.5) is 15.8 Å². The number of hydrogen-bond donors (Lipinski definition) is 1. The Morgan fingerprint density at radius 3 is 2.22 bits per heavy atom. The molecular weight excluding hydrogens is 817 g/mol. The largest absolute Gasteiger partial charge is 0.504 e. The van der Waals surface area contributed by atoms with Crippen LogP contribution in [-0.2, 0) is 19.2 Å². The monoisotopic (exact) mass is 838 g/mol. The minimum absolute atomic E-state index is 0.0887. The summed E-state index contributed by atoms with van der Waals surface area (Å²) in [6.45, 7) is 0. The van der Waals surface area contributed by atoms with Crippen LogP contribution in [0.2, 0.25) is 0 Å². The zero-order valence-corrected chi connectivity index (χ0v) is 29.1. The smallest absolute Gasteiger partial charge is 0.258 e. The van der Waals surface area contributed by atoms with Gasteiger partial charge in [0.05, 0.1) is 33.9 Å². The first kappa shape index (κ1) is 31.6. The Balaban J connectivity index is 1.42. The number of methoxy groups -OCH3 is 1. The predicted octanol–water partition coefficient (Wildman–Crippen LogP) is 6.68. The molecule has 2 heterocycles. The molecule has 8 nitrogen and oxygen atoms in total. The summed E-state index contributed by atoms with van der Waals surface area (Å²) >= 11 is 20.1. The molecule has 3 aromatic rings. The molecule has 2 saturated heterocycles. The van der Waals surface area contributed by atoms with Crippen LogP contribution in [0.25, 0.3) is 0 Å². The van der Waals surface area contributed by atoms with E-state index in [1.165, 1.54) is 30.2 Å². The van der Waals surface area contributed by atoms with Gasteiger partial charge in [0.1, 0.15) is 5.82 Å². The van der Waals surface area contributed by atoms with Crippen LogP contribution in [0.1, 0.15) is 24.3 Å². The Kier molecular flexibility index (Phi) is 7.58. The summed E-state index contributed by atoms with van der Waals surface area (Å²) in [6, 6.07) is 14.8. The lowest BCUT2D eigenvalue weighted by Gasteiger charge is -2.50. The third-order valence-corrected chi connectivity index (χ3v) is 12.3. The van der Waals surface area contributed by atoms with Crippen LogP contribution in [0.3, 0.4) is 0 Å². The van der Waals surface area contributed by atoms with Crippen molar-refractivity contribution in [3.8, 4) is 11.5 Å². The van der Waals surface area contributed by atoms with Crippen LogP contribution in [0, 0.1) is 27.1 Å². The zero-order valence-electron chi connectivity index (χ0n) is 23.8. The van der Waals surface area contributed by atoms with Crippen molar-refractivity contribution in [3.63, 3.8) is 0 Å². The number of benzene rings is 3. The van der Waals surface area contributed by atoms with Crippen molar-refractivity contribution < 1.29 is 33.4 Å². The van der Waals surface area contributed by atoms with Gasteiger partial charge >= 0.3 is 0 Å². The standard InChI is InChI=1S/C33H23BrCl2FIN2O6/c1-46-24-13-15(12-23(38)27(24)41)26-20-10-11-21-25(29(43)39(28(21)42)18-6-2-16(34)3-7-18)22(20)14-32(35)30(44)40(31(45)33(26,32)36)19-8-4-17(37)5-9-19/h2-10,12-13,21-22,25-26,41H,11,14H2,1H3. The highest BCUT2D eigenvalue weighted by Crippen LogP contribution is 2.66. The van der Waals surface area contributed by atoms with Crippen molar-refractivity contribution in [1.29, 1.82) is 0 Å². The number of allylic oxidation sites excluding steroid dienone is 2. The van der Waals surface area contributed by atoms with Crippen LogP contribution in [0.15, 0.2) is 76.8 Å². The fourth-order valence-corrected chi connectivity index (χ4v) is 9.36. The van der Waals surface area contributed by atoms with E-state index in [1.54, 1.807) is 30.3 Å². The van der Waals surface area contributed by atoms with E-state index in [0.29, 0.717) is 20.4 Å². The van der Waals surface area contributed by atoms with E-state index in [-0.39, 0.29) is 35.9 Å². The Hall–Kier alpha value is -3.00. The van der Waals surface area contributed by atoms with Gasteiger partial charge in [-0.2, -0.15) is 0 Å². The quantitative estimate of drug-likeness (QED) is 0.136. The highest BCUT2D eigenvalue weighted by molar-refractivity contribution is 14.1. The maximum absolute atomic E-state index is 14.5. The molecule has 4 aliphatic rings. The van der Waals surface area contributed by atoms with Gasteiger partial charge in [0.25, 0.3) is 11.8 Å². The van der Waals surface area contributed by atoms with Crippen LogP contribution >= 0.6 is 61.7 Å². The number of phenols is 1. The lowest BCUT2D eigenvalue weighted by Crippen LogP contribution is -2.60. The molecule has 0 spiro atoms. The summed E-state index contributed by atoms with van der Waals surface area (Å²) in [5.74, 6) is -6.40. The third-order valence-electron chi connectivity index (χ3n) is 9.58. The highest BCUT2D eigenvalue weighted by Gasteiger charge is 2.76. The molecule has 2 aliphatic heterocycles. The van der Waals surface area contributed by atoms with Gasteiger partial charge in [0.15, 0.2) is 21.2 Å². The van der Waals surface area contributed by atoms with E-state index in [0.717, 1.165) is 21.5 Å². The van der Waals surface area contributed by atoms with Crippen LogP contribution < -0.4 is 14.5 Å². The lowest BCUT2D eigenvalue weighted by atomic mass is 9.56. The Bertz CT molecular complexity index is 1890. The number of carbonyl (C=O) groups excluding carboxylic acids is 4. The van der Waals surface area contributed by atoms with E-state index >= 15 is 0 Å². The number of imide groups is 2. The highest BCUT2D eigenvalue weighted by atomic mass is 127. The molecule has 3 aromatic carbocycles. The maximum Gasteiger partial charge on any atom is 0.258 e. The summed E-state index contributed by atoms with van der Waals surface area (Å²) in [5.41, 5.74) is 1.53. The molecule has 1 N–H and O–H groups in total. The van der Waals surface area contributed by atoms with Crippen molar-refractivity contribution in [2.45, 2.75) is 28.5 Å². The molecule has 13 heteroatoms. The zero-order chi connectivity index (χ0) is 32.9. The first-order valence-electron chi connectivity index (χ1n) is 14.3. The average Bonchev–Trinajstić information content (AvgIpc) is 3.37. The van der Waals surface area contributed by atoms with Crippen LogP contribution in [0.5, 0.6) is 11.5 Å². The van der Waals surface area contributed by atoms with Gasteiger partial charge in [-0.05, 0) is 108 Å². The molecule has 7 rings (SSSR count). The fraction of sp³-hybridized carbons (Fsp3) is 0.273. The summed E-state index contributed by atoms with van der Waals surface area (Å²) in [6.07, 6.45) is 1.82. The first-order chi connectivity index (χ1) is 21.8. The summed E-state index contributed by atoms with van der Waals surface area (Å²) in [7, 11) is 1.38. The maximum atomic E-state index is 14.5. The number of nitrogens with zero attached hydrogens (tertiary/aromatic N) is 2. The number of anilines is 2. The van der Waals surface area contributed by atoms with E-state index in [1.807, 2.05) is 28.7 Å². The number of amides is 4. The van der Waals surface area contributed by atoms with E-state index < -0.39 is 57.0 Å². The van der Waals surface area contributed by atoms with E-state index in [2.05, 4.69) is 15.9 Å². The topological polar surface area (TPSA) is 104 Å². The summed E-state index contributed by atoms with van der Waals surface area (Å²) in [4.78, 5) is 54.7. The molecule has 2 aliphatic carbocycles. The number of carbonyl (C=O) groups is 4. The second-order valence-corrected chi connectivity index (χ2v) is 15.1. The number of rotatable bonds is 4. The van der Waals surface area contributed by atoms with Gasteiger partial charge in [0, 0.05) is 10.4 Å². The normalized spacial score (nSPS) is 30.3. The molecule has 3 fully saturated rings. The Morgan fingerprint density at radius 2 is 1.57 bits per heavy atom. The van der Waals surface area contributed by atoms with Crippen LogP contribution in [-0.4, -0.2) is 45.6 Å². The average molecular weight is 840 g/mol. The molecule has 0 aromatic heterocycles. The van der Waals surface area contributed by atoms with Crippen molar-refractivity contribution >= 4 is 96.7 Å². The van der Waals surface area contributed by atoms with Gasteiger partial charge in [-0.25, -0.2) is 9.29 Å². The Morgan fingerprint density at radius 1 is 0.935 bits per heavy atom. The summed E-state index contributed by atoms with van der Waals surface area (Å²) in [5, 5.41) is 10.6. The molecule has 6 unspecified atom stereocenters. The molecule has 6 atom stereocenters. The molecule has 4 amide bonds. The number of alkyl halides is 2. The molecule has 0 bridgehead atoms.